The lowest BCUT2D eigenvalue weighted by Crippen LogP contribution is -2.47. The van der Waals surface area contributed by atoms with Crippen molar-refractivity contribution in [2.45, 2.75) is 25.9 Å². The number of piperazine rings is 1. The summed E-state index contributed by atoms with van der Waals surface area (Å²) in [6, 6.07) is 13.8. The van der Waals surface area contributed by atoms with Crippen LogP contribution in [-0.4, -0.2) is 47.8 Å². The first-order valence-electron chi connectivity index (χ1n) is 9.66. The Morgan fingerprint density at radius 2 is 1.82 bits per heavy atom. The van der Waals surface area contributed by atoms with Gasteiger partial charge in [-0.05, 0) is 35.2 Å². The molecule has 1 fully saturated rings. The van der Waals surface area contributed by atoms with E-state index >= 15 is 0 Å². The second-order valence-electron chi connectivity index (χ2n) is 7.52. The van der Waals surface area contributed by atoms with Crippen LogP contribution in [0.5, 0.6) is 0 Å². The van der Waals surface area contributed by atoms with E-state index in [0.717, 1.165) is 43.9 Å². The van der Waals surface area contributed by atoms with Crippen LogP contribution >= 0.6 is 11.6 Å². The third kappa shape index (κ3) is 3.91. The number of rotatable bonds is 3. The highest BCUT2D eigenvalue weighted by Crippen LogP contribution is 2.30. The van der Waals surface area contributed by atoms with Crippen molar-refractivity contribution < 1.29 is 9.59 Å². The number of nitrogens with zero attached hydrogens (tertiary/aromatic N) is 2. The molecule has 0 spiro atoms. The Morgan fingerprint density at radius 3 is 2.50 bits per heavy atom. The minimum Gasteiger partial charge on any atom is -0.345 e. The van der Waals surface area contributed by atoms with Crippen molar-refractivity contribution in [3.05, 3.63) is 69.7 Å². The van der Waals surface area contributed by atoms with Crippen LogP contribution in [0.1, 0.15) is 40.0 Å². The predicted molar refractivity (Wildman–Crippen MR) is 109 cm³/mol. The molecule has 146 valence electrons. The zero-order valence-corrected chi connectivity index (χ0v) is 16.7. The lowest BCUT2D eigenvalue weighted by Gasteiger charge is -2.34. The minimum atomic E-state index is -0.0684. The number of benzene rings is 2. The summed E-state index contributed by atoms with van der Waals surface area (Å²) in [6.45, 7) is 5.88. The molecule has 28 heavy (non-hydrogen) atoms. The van der Waals surface area contributed by atoms with Crippen molar-refractivity contribution in [1.29, 1.82) is 0 Å². The maximum absolute atomic E-state index is 12.4. The molecule has 6 heteroatoms. The number of nitrogens with one attached hydrogen (secondary N) is 1. The normalized spacial score (nSPS) is 19.9. The summed E-state index contributed by atoms with van der Waals surface area (Å²) in [5, 5.41) is 3.74. The summed E-state index contributed by atoms with van der Waals surface area (Å²) in [5.41, 5.74) is 3.92. The lowest BCUT2D eigenvalue weighted by molar-refractivity contribution is -0.130. The van der Waals surface area contributed by atoms with Crippen LogP contribution in [0, 0.1) is 0 Å². The summed E-state index contributed by atoms with van der Waals surface area (Å²) in [5.74, 6) is 0.0846. The van der Waals surface area contributed by atoms with Gasteiger partial charge in [-0.25, -0.2) is 0 Å². The van der Waals surface area contributed by atoms with Gasteiger partial charge in [0.25, 0.3) is 5.91 Å². The summed E-state index contributed by atoms with van der Waals surface area (Å²) in [4.78, 5) is 28.1. The van der Waals surface area contributed by atoms with E-state index in [1.165, 1.54) is 5.56 Å². The van der Waals surface area contributed by atoms with Crippen LogP contribution in [-0.2, 0) is 17.8 Å². The van der Waals surface area contributed by atoms with Gasteiger partial charge in [0.05, 0.1) is 6.04 Å². The molecule has 0 aliphatic carbocycles. The minimum absolute atomic E-state index is 0.0620. The van der Waals surface area contributed by atoms with E-state index in [9.17, 15) is 9.59 Å². The Morgan fingerprint density at radius 1 is 1.11 bits per heavy atom. The molecule has 1 unspecified atom stereocenters. The number of halogens is 1. The van der Waals surface area contributed by atoms with Gasteiger partial charge in [0.15, 0.2) is 0 Å². The molecule has 0 bridgehead atoms. The lowest BCUT2D eigenvalue weighted by atomic mass is 9.91. The van der Waals surface area contributed by atoms with Gasteiger partial charge >= 0.3 is 0 Å². The molecular formula is C22H24ClN3O2. The molecule has 0 radical (unpaired) electrons. The van der Waals surface area contributed by atoms with Crippen molar-refractivity contribution in [1.82, 2.24) is 15.1 Å². The largest absolute Gasteiger partial charge is 0.345 e. The molecule has 2 aromatic carbocycles. The van der Waals surface area contributed by atoms with E-state index in [0.29, 0.717) is 17.0 Å². The van der Waals surface area contributed by atoms with Gasteiger partial charge in [0.2, 0.25) is 5.91 Å². The Bertz CT molecular complexity index is 889. The van der Waals surface area contributed by atoms with Crippen molar-refractivity contribution in [2.75, 3.05) is 26.2 Å². The summed E-state index contributed by atoms with van der Waals surface area (Å²) < 4.78 is 0. The highest BCUT2D eigenvalue weighted by atomic mass is 35.5. The second-order valence-corrected chi connectivity index (χ2v) is 7.93. The first kappa shape index (κ1) is 19.0. The van der Waals surface area contributed by atoms with E-state index in [-0.39, 0.29) is 17.9 Å². The van der Waals surface area contributed by atoms with E-state index < -0.39 is 0 Å². The number of fused-ring (bicyclic) bond motifs is 1. The van der Waals surface area contributed by atoms with Crippen LogP contribution in [0.4, 0.5) is 0 Å². The molecule has 2 aliphatic heterocycles. The third-order valence-electron chi connectivity index (χ3n) is 5.68. The van der Waals surface area contributed by atoms with Crippen molar-refractivity contribution in [3.63, 3.8) is 0 Å². The maximum atomic E-state index is 12.4. The molecule has 2 amide bonds. The Hall–Kier alpha value is -2.37. The van der Waals surface area contributed by atoms with Gasteiger partial charge in [0.1, 0.15) is 0 Å². The highest BCUT2D eigenvalue weighted by molar-refractivity contribution is 6.32. The van der Waals surface area contributed by atoms with Crippen LogP contribution in [0.15, 0.2) is 42.5 Å². The van der Waals surface area contributed by atoms with Crippen LogP contribution in [0.2, 0.25) is 5.02 Å². The first-order chi connectivity index (χ1) is 13.5. The molecule has 0 aromatic heterocycles. The molecule has 1 N–H and O–H groups in total. The van der Waals surface area contributed by atoms with E-state index in [1.54, 1.807) is 6.92 Å². The molecular weight excluding hydrogens is 374 g/mol. The van der Waals surface area contributed by atoms with Crippen molar-refractivity contribution in [3.8, 4) is 0 Å². The van der Waals surface area contributed by atoms with Crippen molar-refractivity contribution >= 4 is 23.4 Å². The third-order valence-corrected chi connectivity index (χ3v) is 6.04. The molecule has 2 aromatic rings. The Balaban J connectivity index is 1.41. The summed E-state index contributed by atoms with van der Waals surface area (Å²) >= 11 is 6.31. The van der Waals surface area contributed by atoms with Crippen LogP contribution in [0.3, 0.4) is 0 Å². The van der Waals surface area contributed by atoms with Gasteiger partial charge < -0.3 is 10.2 Å². The summed E-state index contributed by atoms with van der Waals surface area (Å²) in [6.07, 6.45) is 0.701. The van der Waals surface area contributed by atoms with Crippen molar-refractivity contribution in [2.24, 2.45) is 0 Å². The molecule has 1 atom stereocenters. The predicted octanol–water partition coefficient (Wildman–Crippen LogP) is 3.03. The zero-order chi connectivity index (χ0) is 19.7. The number of hydrogen-bond donors (Lipinski definition) is 1. The smallest absolute Gasteiger partial charge is 0.252 e. The molecule has 1 saturated heterocycles. The van der Waals surface area contributed by atoms with Gasteiger partial charge in [-0.1, -0.05) is 41.9 Å². The van der Waals surface area contributed by atoms with E-state index in [2.05, 4.69) is 34.5 Å². The van der Waals surface area contributed by atoms with Crippen LogP contribution in [0.25, 0.3) is 0 Å². The Labute approximate surface area is 170 Å². The van der Waals surface area contributed by atoms with Gasteiger partial charge in [-0.2, -0.15) is 0 Å². The fourth-order valence-corrected chi connectivity index (χ4v) is 4.26. The fourth-order valence-electron chi connectivity index (χ4n) is 4.01. The molecule has 5 nitrogen and oxygen atoms in total. The monoisotopic (exact) mass is 397 g/mol. The number of hydrogen-bond acceptors (Lipinski definition) is 3. The number of carbonyl (C=O) groups is 2. The summed E-state index contributed by atoms with van der Waals surface area (Å²) in [7, 11) is 0. The average molecular weight is 398 g/mol. The molecule has 4 rings (SSSR count). The van der Waals surface area contributed by atoms with Gasteiger partial charge in [-0.3, -0.25) is 14.5 Å². The molecule has 2 aliphatic rings. The zero-order valence-electron chi connectivity index (χ0n) is 16.0. The highest BCUT2D eigenvalue weighted by Gasteiger charge is 2.27. The quantitative estimate of drug-likeness (QED) is 0.866. The van der Waals surface area contributed by atoms with Gasteiger partial charge in [-0.15, -0.1) is 0 Å². The molecule has 0 saturated carbocycles. The van der Waals surface area contributed by atoms with E-state index in [4.69, 9.17) is 11.6 Å². The molecule has 2 heterocycles. The Kier molecular flexibility index (Phi) is 5.38. The topological polar surface area (TPSA) is 52.7 Å². The maximum Gasteiger partial charge on any atom is 0.252 e. The van der Waals surface area contributed by atoms with Gasteiger partial charge in [0, 0.05) is 50.2 Å². The average Bonchev–Trinajstić information content (AvgIpc) is 2.70. The van der Waals surface area contributed by atoms with Crippen LogP contribution < -0.4 is 5.32 Å². The second kappa shape index (κ2) is 7.94. The van der Waals surface area contributed by atoms with E-state index in [1.807, 2.05) is 23.1 Å². The standard InChI is InChI=1S/C22H24ClN3O2/c1-15(27)26-11-9-25(10-12-26)14-16-5-7-17(8-6-16)21-13-19-18(22(28)24-21)3-2-4-20(19)23/h2-8,21H,9-14H2,1H3,(H,24,28). The number of amides is 2. The SMILES string of the molecule is CC(=O)N1CCN(Cc2ccc(C3Cc4c(Cl)cccc4C(=O)N3)cc2)CC1. The number of carbonyl (C=O) groups excluding carboxylic acids is 2. The first-order valence-corrected chi connectivity index (χ1v) is 10.0. The fraction of sp³-hybridized carbons (Fsp3) is 0.364.